The van der Waals surface area contributed by atoms with Crippen LogP contribution in [0.3, 0.4) is 0 Å². The normalized spacial score (nSPS) is 14.7. The fourth-order valence-electron chi connectivity index (χ4n) is 13.3. The summed E-state index contributed by atoms with van der Waals surface area (Å²) < 4.78 is 114. The number of aryl methyl sites for hydroxylation is 2. The van der Waals surface area contributed by atoms with E-state index in [4.69, 9.17) is 72.2 Å². The molecule has 6 aromatic rings. The molecule has 0 radical (unpaired) electrons. The first-order valence-electron chi connectivity index (χ1n) is 40.5. The second-order valence-electron chi connectivity index (χ2n) is 30.7. The number of esters is 2. The number of hydrogen-bond acceptors (Lipinski definition) is 25. The van der Waals surface area contributed by atoms with Gasteiger partial charge in [-0.25, -0.2) is 58.7 Å². The number of carboxylic acids is 2. The van der Waals surface area contributed by atoms with Crippen molar-refractivity contribution < 1.29 is 117 Å². The summed E-state index contributed by atoms with van der Waals surface area (Å²) in [6, 6.07) is 23.0. The number of carbonyl (C=O) groups excluding carboxylic acids is 6. The number of carbonyl (C=O) groups is 9. The lowest BCUT2D eigenvalue weighted by atomic mass is 9.92. The van der Waals surface area contributed by atoms with E-state index in [1.165, 1.54) is 23.8 Å². The van der Waals surface area contributed by atoms with Gasteiger partial charge in [-0.15, -0.1) is 0 Å². The summed E-state index contributed by atoms with van der Waals surface area (Å²) in [5.74, 6) is -2.30. The summed E-state index contributed by atoms with van der Waals surface area (Å²) in [7, 11) is 0. The second kappa shape index (κ2) is 52.4. The highest BCUT2D eigenvalue weighted by Gasteiger charge is 2.42. The molecule has 4 aliphatic rings. The molecule has 4 aliphatic heterocycles. The van der Waals surface area contributed by atoms with Gasteiger partial charge >= 0.3 is 55.1 Å². The minimum Gasteiger partial charge on any atom is -0.483 e. The first-order valence-corrected chi connectivity index (χ1v) is 41.4. The van der Waals surface area contributed by atoms with Crippen LogP contribution in [-0.4, -0.2) is 206 Å². The molecule has 43 heteroatoms. The van der Waals surface area contributed by atoms with Gasteiger partial charge in [0.25, 0.3) is 11.5 Å². The summed E-state index contributed by atoms with van der Waals surface area (Å²) in [6.07, 6.45) is 1.44. The lowest BCUT2D eigenvalue weighted by Gasteiger charge is -2.34. The van der Waals surface area contributed by atoms with Crippen molar-refractivity contribution in [3.05, 3.63) is 142 Å². The highest BCUT2D eigenvalue weighted by molar-refractivity contribution is 6.43. The molecule has 126 heavy (non-hydrogen) atoms. The van der Waals surface area contributed by atoms with Crippen LogP contribution in [0.15, 0.2) is 97.6 Å². The van der Waals surface area contributed by atoms with E-state index < -0.39 is 102 Å². The Morgan fingerprint density at radius 1 is 0.563 bits per heavy atom. The number of ether oxygens (including phenoxy) is 4. The van der Waals surface area contributed by atoms with E-state index in [9.17, 15) is 78.2 Å². The topological polar surface area (TPSA) is 431 Å². The molecule has 2 aromatic carbocycles. The zero-order valence-electron chi connectivity index (χ0n) is 71.0. The molecule has 11 N–H and O–H groups in total. The van der Waals surface area contributed by atoms with Gasteiger partial charge in [-0.1, -0.05) is 138 Å². The molecule has 2 fully saturated rings. The number of aliphatic carboxylic acids is 2. The Balaban J connectivity index is 0.000000355. The molecule has 4 atom stereocenters. The van der Waals surface area contributed by atoms with Crippen LogP contribution in [0, 0.1) is 11.8 Å². The van der Waals surface area contributed by atoms with Crippen molar-refractivity contribution >= 4 is 112 Å². The van der Waals surface area contributed by atoms with E-state index >= 15 is 0 Å². The molecule has 0 unspecified atom stereocenters. The summed E-state index contributed by atoms with van der Waals surface area (Å²) in [6.45, 7) is 18.4. The van der Waals surface area contributed by atoms with Crippen LogP contribution in [0.25, 0.3) is 0 Å². The maximum absolute atomic E-state index is 13.9. The second-order valence-corrected chi connectivity index (χ2v) is 31.7. The summed E-state index contributed by atoms with van der Waals surface area (Å²) in [5, 5.41) is 46.2. The van der Waals surface area contributed by atoms with Gasteiger partial charge in [0, 0.05) is 86.7 Å². The number of nitrogens with zero attached hydrogens (tertiary/aromatic N) is 8. The van der Waals surface area contributed by atoms with Gasteiger partial charge < -0.3 is 86.6 Å². The number of alkyl carbamates (subject to hydrolysis) is 2. The first-order chi connectivity index (χ1) is 59.5. The van der Waals surface area contributed by atoms with Crippen molar-refractivity contribution in [2.75, 3.05) is 83.4 Å². The van der Waals surface area contributed by atoms with Crippen LogP contribution < -0.4 is 52.3 Å². The third kappa shape index (κ3) is 37.3. The number of benzene rings is 2. The minimum atomic E-state index is -5.08. The zero-order valence-corrected chi connectivity index (χ0v) is 72.5. The molecule has 2 saturated heterocycles. The molecular formula is C83H109Cl2F9N16O16. The minimum absolute atomic E-state index is 0.0153. The van der Waals surface area contributed by atoms with Crippen molar-refractivity contribution in [2.24, 2.45) is 11.8 Å². The number of hydrogen-bond donors (Lipinski definition) is 11. The highest BCUT2D eigenvalue weighted by Crippen LogP contribution is 2.36. The fourth-order valence-corrected chi connectivity index (χ4v) is 13.5. The Kier molecular flexibility index (Phi) is 43.7. The van der Waals surface area contributed by atoms with E-state index in [2.05, 4.69) is 96.3 Å². The smallest absolute Gasteiger partial charge is 0.483 e. The molecule has 0 spiro atoms. The fraction of sp³-hybridized carbons (Fsp3) is 0.530. The van der Waals surface area contributed by atoms with Crippen molar-refractivity contribution in [1.29, 1.82) is 0 Å². The Labute approximate surface area is 733 Å². The summed E-state index contributed by atoms with van der Waals surface area (Å²) in [4.78, 5) is 138. The predicted octanol–water partition coefficient (Wildman–Crippen LogP) is 13.6. The van der Waals surface area contributed by atoms with Crippen LogP contribution in [0.4, 0.5) is 84.0 Å². The molecule has 10 rings (SSSR count). The van der Waals surface area contributed by atoms with E-state index in [1.54, 1.807) is 20.8 Å². The van der Waals surface area contributed by atoms with Gasteiger partial charge in [0.2, 0.25) is 11.8 Å². The van der Waals surface area contributed by atoms with Crippen LogP contribution in [0.2, 0.25) is 0 Å². The van der Waals surface area contributed by atoms with E-state index in [1.807, 2.05) is 102 Å². The van der Waals surface area contributed by atoms with E-state index in [0.29, 0.717) is 42.7 Å². The number of anilines is 6. The number of aromatic nitrogens is 6. The maximum Gasteiger partial charge on any atom is 0.491 e. The Bertz CT molecular complexity index is 4440. The number of piperidine rings is 2. The standard InChI is InChI=1S/C40H56N8O5.C36H48N8O5.C3HCl2F3O2.C2HF3O2.CHF3.CH2O2/c1-7-30-35(43-25-44-36(30)48-20-17-28(18-21-48)31-16-15-29-14-11-19-41-34(29)45-31)42-23-33(47-39(51)52-24-27-12-9-8-10-13-27)37(49)46-32(22-26(2)3)38(50)53-40(4,5)6;1-4-27-32(39-22-40-33(27)44-17-14-25(15-18-44)28-13-12-26-11-8-16-37-31(26)41-28)38-20-30(34(45)42-29(35(46)47)19-23(2)3)43-36(48)49-21-24-9-6-5-7-10-24;4-2(5)10-1(9)3(6,7)8;3-2(4,5)1(6)7;2-1(3)4;2-1-3/h8-10,12-13,15-16,25-26,28,32-33H,7,11,14,17-24H2,1-6H3,(H,41,45)(H,46,49)(H,47,51)(H,42,43,44);5-7,9-10,12-13,22-23,25,29-30H,4,8,11,14-21H2,1-3H3,(H,37,41)(H,42,45)(H,43,48)(H,46,47)(H,38,39,40);2H;(H,6,7);1H;1H,(H,2,3)/t32-,33-;29-,30-;;;;/m00..../s1. The number of halogens is 11. The Hall–Kier alpha value is -11.5. The molecule has 32 nitrogen and oxygen atoms in total. The average Bonchev–Trinajstić information content (AvgIpc) is 0.803. The molecule has 0 aliphatic carbocycles. The SMILES string of the molecule is CCc1c(NC[C@H](NC(=O)OCc2ccccc2)C(=O)N[C@@H](CC(C)C)C(=O)O)ncnc1N1CCC(c2ccc3c(n2)NCCC3)CC1.CCc1c(NC[C@H](NC(=O)OCc2ccccc2)C(=O)N[C@@H](CC(C)C)C(=O)OC(C)(C)C)ncnc1N1CCC(c2ccc3c(n2)NCCC3)CC1.FC(F)F.O=C(O)C(F)(F)F.O=C(OC(Cl)Cl)C(F)(F)F.O=CO. The average molecular weight is 1830 g/mol. The third-order valence-corrected chi connectivity index (χ3v) is 19.3. The van der Waals surface area contributed by atoms with Crippen molar-refractivity contribution in [3.8, 4) is 0 Å². The largest absolute Gasteiger partial charge is 0.491 e. The highest BCUT2D eigenvalue weighted by atomic mass is 35.5. The predicted molar refractivity (Wildman–Crippen MR) is 451 cm³/mol. The zero-order chi connectivity index (χ0) is 93.4. The molecule has 4 amide bonds. The monoisotopic (exact) mass is 1830 g/mol. The number of pyridine rings is 2. The molecular weight excluding hydrogens is 1720 g/mol. The first kappa shape index (κ1) is 105. The molecule has 8 heterocycles. The Morgan fingerprint density at radius 3 is 1.26 bits per heavy atom. The summed E-state index contributed by atoms with van der Waals surface area (Å²) >= 11 is 9.40. The lowest BCUT2D eigenvalue weighted by molar-refractivity contribution is -0.199. The van der Waals surface area contributed by atoms with Gasteiger partial charge in [-0.3, -0.25) is 14.4 Å². The molecule has 0 bridgehead atoms. The number of nitrogens with one attached hydrogen (secondary N) is 8. The van der Waals surface area contributed by atoms with Crippen molar-refractivity contribution in [1.82, 2.24) is 51.2 Å². The third-order valence-electron chi connectivity index (χ3n) is 19.1. The molecule has 0 saturated carbocycles. The Morgan fingerprint density at radius 2 is 0.937 bits per heavy atom. The number of amides is 4. The van der Waals surface area contributed by atoms with Gasteiger partial charge in [0.1, 0.15) is 90.5 Å². The number of alkyl halides is 11. The van der Waals surface area contributed by atoms with Gasteiger partial charge in [0.15, 0.2) is 0 Å². The van der Waals surface area contributed by atoms with Gasteiger partial charge in [-0.05, 0) is 144 Å². The number of fused-ring (bicyclic) bond motifs is 2. The van der Waals surface area contributed by atoms with Crippen LogP contribution in [0.5, 0.6) is 0 Å². The van der Waals surface area contributed by atoms with Crippen LogP contribution in [-0.2, 0) is 91.4 Å². The van der Waals surface area contributed by atoms with E-state index in [0.717, 1.165) is 148 Å². The van der Waals surface area contributed by atoms with Crippen LogP contribution in [0.1, 0.15) is 170 Å². The van der Waals surface area contributed by atoms with Crippen LogP contribution >= 0.6 is 23.2 Å². The van der Waals surface area contributed by atoms with Gasteiger partial charge in [-0.2, -0.15) is 39.5 Å². The lowest BCUT2D eigenvalue weighted by Crippen LogP contribution is -2.55. The molecule has 4 aromatic heterocycles. The van der Waals surface area contributed by atoms with Crippen molar-refractivity contribution in [2.45, 2.75) is 218 Å². The maximum atomic E-state index is 13.9. The quantitative estimate of drug-likeness (QED) is 0.00683. The van der Waals surface area contributed by atoms with Gasteiger partial charge in [0.05, 0.1) is 0 Å². The number of rotatable bonds is 29. The van der Waals surface area contributed by atoms with E-state index in [-0.39, 0.29) is 51.0 Å². The molecule has 694 valence electrons. The number of carboxylic acid groups (broad SMARTS) is 3. The summed E-state index contributed by atoms with van der Waals surface area (Å²) in [5.41, 5.74) is 7.53. The van der Waals surface area contributed by atoms with Crippen molar-refractivity contribution in [3.63, 3.8) is 0 Å².